The SMILES string of the molecule is CCCCC(=O)c1c(Br)sc(C(C)C(CCC)C2CCC(N(C)C)CC2)c1C. The van der Waals surface area contributed by atoms with E-state index in [0.29, 0.717) is 18.1 Å². The van der Waals surface area contributed by atoms with Gasteiger partial charge in [0.05, 0.1) is 3.79 Å². The Morgan fingerprint density at radius 2 is 1.82 bits per heavy atom. The number of carbonyl (C=O) groups is 1. The summed E-state index contributed by atoms with van der Waals surface area (Å²) in [5.74, 6) is 2.41. The fraction of sp³-hybridized carbons (Fsp3) is 0.792. The van der Waals surface area contributed by atoms with Gasteiger partial charge in [0.2, 0.25) is 0 Å². The summed E-state index contributed by atoms with van der Waals surface area (Å²) in [6, 6.07) is 0.759. The summed E-state index contributed by atoms with van der Waals surface area (Å²) in [5, 5.41) is 0. The van der Waals surface area contributed by atoms with Crippen molar-refractivity contribution in [3.8, 4) is 0 Å². The lowest BCUT2D eigenvalue weighted by Crippen LogP contribution is -2.34. The molecule has 1 aromatic heterocycles. The van der Waals surface area contributed by atoms with Crippen LogP contribution in [-0.4, -0.2) is 30.8 Å². The highest BCUT2D eigenvalue weighted by molar-refractivity contribution is 9.11. The van der Waals surface area contributed by atoms with E-state index in [1.54, 1.807) is 0 Å². The topological polar surface area (TPSA) is 20.3 Å². The first kappa shape index (κ1) is 24.1. The summed E-state index contributed by atoms with van der Waals surface area (Å²) in [6.45, 7) is 9.07. The van der Waals surface area contributed by atoms with Crippen LogP contribution >= 0.6 is 27.3 Å². The molecule has 1 saturated carbocycles. The van der Waals surface area contributed by atoms with Gasteiger partial charge in [0.1, 0.15) is 0 Å². The molecule has 2 nitrogen and oxygen atoms in total. The molecule has 28 heavy (non-hydrogen) atoms. The highest BCUT2D eigenvalue weighted by Gasteiger charge is 2.33. The van der Waals surface area contributed by atoms with Gasteiger partial charge in [-0.1, -0.05) is 33.6 Å². The quantitative estimate of drug-likeness (QED) is 0.325. The predicted octanol–water partition coefficient (Wildman–Crippen LogP) is 7.83. The zero-order valence-electron chi connectivity index (χ0n) is 18.8. The van der Waals surface area contributed by atoms with Crippen LogP contribution in [-0.2, 0) is 0 Å². The first-order valence-corrected chi connectivity index (χ1v) is 12.9. The largest absolute Gasteiger partial charge is 0.306 e. The molecule has 0 bridgehead atoms. The van der Waals surface area contributed by atoms with Crippen molar-refractivity contribution in [2.24, 2.45) is 11.8 Å². The summed E-state index contributed by atoms with van der Waals surface area (Å²) < 4.78 is 1.06. The van der Waals surface area contributed by atoms with Crippen molar-refractivity contribution in [1.82, 2.24) is 4.90 Å². The monoisotopic (exact) mass is 469 g/mol. The van der Waals surface area contributed by atoms with E-state index in [-0.39, 0.29) is 0 Å². The zero-order valence-corrected chi connectivity index (χ0v) is 21.2. The Kier molecular flexibility index (Phi) is 9.69. The van der Waals surface area contributed by atoms with E-state index >= 15 is 0 Å². The molecular formula is C24H40BrNOS. The summed E-state index contributed by atoms with van der Waals surface area (Å²) in [7, 11) is 4.45. The fourth-order valence-corrected chi connectivity index (χ4v) is 7.40. The van der Waals surface area contributed by atoms with Gasteiger partial charge in [-0.2, -0.15) is 0 Å². The molecule has 4 heteroatoms. The van der Waals surface area contributed by atoms with Crippen LogP contribution < -0.4 is 0 Å². The summed E-state index contributed by atoms with van der Waals surface area (Å²) in [4.78, 5) is 16.6. The number of rotatable bonds is 10. The van der Waals surface area contributed by atoms with Crippen LogP contribution in [0.15, 0.2) is 3.79 Å². The smallest absolute Gasteiger partial charge is 0.165 e. The highest BCUT2D eigenvalue weighted by Crippen LogP contribution is 2.46. The minimum atomic E-state index is 0.319. The molecule has 2 rings (SSSR count). The Balaban J connectivity index is 2.19. The Hall–Kier alpha value is -0.190. The molecule has 2 atom stereocenters. The van der Waals surface area contributed by atoms with Gasteiger partial charge in [-0.05, 0) is 98.8 Å². The van der Waals surface area contributed by atoms with Crippen molar-refractivity contribution in [3.63, 3.8) is 0 Å². The lowest BCUT2D eigenvalue weighted by molar-refractivity contribution is 0.0979. The fourth-order valence-electron chi connectivity index (χ4n) is 5.18. The van der Waals surface area contributed by atoms with Crippen LogP contribution in [0.2, 0.25) is 0 Å². The van der Waals surface area contributed by atoms with Crippen molar-refractivity contribution in [1.29, 1.82) is 0 Å². The number of halogens is 1. The number of carbonyl (C=O) groups excluding carboxylic acids is 1. The first-order chi connectivity index (χ1) is 13.3. The summed E-state index contributed by atoms with van der Waals surface area (Å²) in [6.07, 6.45) is 10.6. The molecule has 160 valence electrons. The Morgan fingerprint density at radius 1 is 1.18 bits per heavy atom. The van der Waals surface area contributed by atoms with E-state index in [2.05, 4.69) is 62.6 Å². The van der Waals surface area contributed by atoms with Crippen molar-refractivity contribution >= 4 is 33.0 Å². The number of ketones is 1. The van der Waals surface area contributed by atoms with Gasteiger partial charge < -0.3 is 4.90 Å². The van der Waals surface area contributed by atoms with Gasteiger partial charge >= 0.3 is 0 Å². The lowest BCUT2D eigenvalue weighted by Gasteiger charge is -2.39. The third kappa shape index (κ3) is 5.70. The predicted molar refractivity (Wildman–Crippen MR) is 127 cm³/mol. The van der Waals surface area contributed by atoms with Crippen LogP contribution in [0.4, 0.5) is 0 Å². The Morgan fingerprint density at radius 3 is 2.36 bits per heavy atom. The van der Waals surface area contributed by atoms with Crippen molar-refractivity contribution in [2.45, 2.75) is 97.4 Å². The van der Waals surface area contributed by atoms with Gasteiger partial charge in [0, 0.05) is 22.9 Å². The van der Waals surface area contributed by atoms with Crippen LogP contribution in [0.5, 0.6) is 0 Å². The molecule has 1 aliphatic carbocycles. The Bertz CT molecular complexity index is 631. The Labute approximate surface area is 185 Å². The van der Waals surface area contributed by atoms with Gasteiger partial charge in [-0.3, -0.25) is 4.79 Å². The first-order valence-electron chi connectivity index (χ1n) is 11.3. The maximum absolute atomic E-state index is 12.8. The van der Waals surface area contributed by atoms with E-state index in [0.717, 1.165) is 40.1 Å². The number of nitrogens with zero attached hydrogens (tertiary/aromatic N) is 1. The maximum atomic E-state index is 12.8. The second kappa shape index (κ2) is 11.3. The molecule has 0 aliphatic heterocycles. The normalized spacial score (nSPS) is 22.4. The molecule has 1 fully saturated rings. The highest BCUT2D eigenvalue weighted by atomic mass is 79.9. The lowest BCUT2D eigenvalue weighted by atomic mass is 9.71. The van der Waals surface area contributed by atoms with E-state index in [1.165, 1.54) is 49.0 Å². The minimum absolute atomic E-state index is 0.319. The van der Waals surface area contributed by atoms with E-state index in [4.69, 9.17) is 0 Å². The summed E-state index contributed by atoms with van der Waals surface area (Å²) >= 11 is 5.55. The number of hydrogen-bond acceptors (Lipinski definition) is 3. The van der Waals surface area contributed by atoms with Gasteiger partial charge in [-0.25, -0.2) is 0 Å². The molecule has 1 heterocycles. The van der Waals surface area contributed by atoms with Crippen LogP contribution in [0, 0.1) is 18.8 Å². The van der Waals surface area contributed by atoms with E-state index < -0.39 is 0 Å². The molecular weight excluding hydrogens is 430 g/mol. The minimum Gasteiger partial charge on any atom is -0.306 e. The third-order valence-electron chi connectivity index (χ3n) is 6.93. The number of unbranched alkanes of at least 4 members (excludes halogenated alkanes) is 1. The van der Waals surface area contributed by atoms with Crippen molar-refractivity contribution in [2.75, 3.05) is 14.1 Å². The second-order valence-corrected chi connectivity index (χ2v) is 11.4. The number of thiophene rings is 1. The van der Waals surface area contributed by atoms with Gasteiger partial charge in [0.15, 0.2) is 5.78 Å². The standard InChI is InChI=1S/C24H40BrNOS/c1-7-9-11-21(27)22-17(4)23(28-24(22)25)16(3)20(10-8-2)18-12-14-19(15-13-18)26(5)6/h16,18-20H,7-15H2,1-6H3. The van der Waals surface area contributed by atoms with Crippen molar-refractivity contribution < 1.29 is 4.79 Å². The third-order valence-corrected chi connectivity index (χ3v) is 9.10. The zero-order chi connectivity index (χ0) is 20.8. The average Bonchev–Trinajstić information content (AvgIpc) is 2.98. The average molecular weight is 471 g/mol. The molecule has 1 aliphatic rings. The molecule has 0 amide bonds. The summed E-state index contributed by atoms with van der Waals surface area (Å²) in [5.41, 5.74) is 2.21. The van der Waals surface area contributed by atoms with Gasteiger partial charge in [-0.15, -0.1) is 11.3 Å². The van der Waals surface area contributed by atoms with E-state index in [9.17, 15) is 4.79 Å². The van der Waals surface area contributed by atoms with E-state index in [1.807, 2.05) is 11.3 Å². The molecule has 0 aromatic carbocycles. The molecule has 0 radical (unpaired) electrons. The van der Waals surface area contributed by atoms with Crippen LogP contribution in [0.3, 0.4) is 0 Å². The molecule has 0 spiro atoms. The molecule has 0 saturated heterocycles. The maximum Gasteiger partial charge on any atom is 0.165 e. The second-order valence-electron chi connectivity index (χ2n) is 9.04. The molecule has 1 aromatic rings. The number of hydrogen-bond donors (Lipinski definition) is 0. The molecule has 2 unspecified atom stereocenters. The van der Waals surface area contributed by atoms with Gasteiger partial charge in [0.25, 0.3) is 0 Å². The molecule has 0 N–H and O–H groups in total. The van der Waals surface area contributed by atoms with Crippen LogP contribution in [0.25, 0.3) is 0 Å². The number of Topliss-reactive ketones (excluding diaryl/α,β-unsaturated/α-hetero) is 1. The van der Waals surface area contributed by atoms with Crippen molar-refractivity contribution in [3.05, 3.63) is 19.8 Å². The van der Waals surface area contributed by atoms with Crippen LogP contribution in [0.1, 0.15) is 105 Å².